The molecule has 1 amide bonds. The molecule has 0 N–H and O–H groups in total. The lowest BCUT2D eigenvalue weighted by molar-refractivity contribution is 0.0720. The van der Waals surface area contributed by atoms with Gasteiger partial charge in [0.25, 0.3) is 5.91 Å². The van der Waals surface area contributed by atoms with Crippen LogP contribution < -0.4 is 0 Å². The Bertz CT molecular complexity index is 816. The number of likely N-dealkylation sites (tertiary alicyclic amines) is 1. The maximum atomic E-state index is 12.9. The summed E-state index contributed by atoms with van der Waals surface area (Å²) in [6.45, 7) is 2.68. The summed E-state index contributed by atoms with van der Waals surface area (Å²) in [6, 6.07) is 11.4. The fourth-order valence-corrected chi connectivity index (χ4v) is 3.26. The molecule has 1 aliphatic heterocycles. The minimum Gasteiger partial charge on any atom is -0.467 e. The summed E-state index contributed by atoms with van der Waals surface area (Å²) < 4.78 is 11.1. The highest BCUT2D eigenvalue weighted by molar-refractivity contribution is 5.98. The molecule has 4 nitrogen and oxygen atoms in total. The predicted octanol–water partition coefficient (Wildman–Crippen LogP) is 4.31. The maximum absolute atomic E-state index is 12.9. The molecule has 0 unspecified atom stereocenters. The number of aryl methyl sites for hydroxylation is 1. The smallest absolute Gasteiger partial charge is 0.254 e. The van der Waals surface area contributed by atoms with Gasteiger partial charge in [-0.15, -0.1) is 0 Å². The van der Waals surface area contributed by atoms with Gasteiger partial charge in [-0.3, -0.25) is 4.79 Å². The molecule has 0 radical (unpaired) electrons. The van der Waals surface area contributed by atoms with Gasteiger partial charge in [0, 0.05) is 17.5 Å². The van der Waals surface area contributed by atoms with E-state index in [9.17, 15) is 4.79 Å². The van der Waals surface area contributed by atoms with E-state index in [0.29, 0.717) is 5.56 Å². The Labute approximate surface area is 128 Å². The Morgan fingerprint density at radius 2 is 2.18 bits per heavy atom. The summed E-state index contributed by atoms with van der Waals surface area (Å²) in [5, 5.41) is 0.970. The van der Waals surface area contributed by atoms with Crippen molar-refractivity contribution in [1.82, 2.24) is 4.90 Å². The van der Waals surface area contributed by atoms with Crippen LogP contribution >= 0.6 is 0 Å². The van der Waals surface area contributed by atoms with Crippen LogP contribution in [0.1, 0.15) is 40.8 Å². The summed E-state index contributed by atoms with van der Waals surface area (Å²) in [7, 11) is 0. The van der Waals surface area contributed by atoms with Crippen LogP contribution in [0.15, 0.2) is 51.5 Å². The van der Waals surface area contributed by atoms with E-state index in [0.717, 1.165) is 41.9 Å². The lowest BCUT2D eigenvalue weighted by Gasteiger charge is -2.23. The first-order valence-corrected chi connectivity index (χ1v) is 7.57. The first kappa shape index (κ1) is 13.2. The second-order valence-corrected chi connectivity index (χ2v) is 5.78. The van der Waals surface area contributed by atoms with Crippen molar-refractivity contribution in [2.24, 2.45) is 0 Å². The van der Waals surface area contributed by atoms with Crippen molar-refractivity contribution in [3.05, 3.63) is 59.7 Å². The fourth-order valence-electron chi connectivity index (χ4n) is 3.26. The van der Waals surface area contributed by atoms with Crippen molar-refractivity contribution in [2.45, 2.75) is 25.8 Å². The SMILES string of the molecule is Cc1cc2cc(C(=O)N3CCC[C@@H]3c3ccco3)ccc2o1. The van der Waals surface area contributed by atoms with E-state index in [-0.39, 0.29) is 11.9 Å². The topological polar surface area (TPSA) is 46.6 Å². The van der Waals surface area contributed by atoms with Gasteiger partial charge >= 0.3 is 0 Å². The van der Waals surface area contributed by atoms with E-state index in [2.05, 4.69) is 0 Å². The van der Waals surface area contributed by atoms with Crippen molar-refractivity contribution >= 4 is 16.9 Å². The normalized spacial score (nSPS) is 18.2. The van der Waals surface area contributed by atoms with Crippen molar-refractivity contribution < 1.29 is 13.6 Å². The van der Waals surface area contributed by atoms with Gasteiger partial charge in [0.2, 0.25) is 0 Å². The first-order chi connectivity index (χ1) is 10.7. The van der Waals surface area contributed by atoms with Gasteiger partial charge in [-0.1, -0.05) is 0 Å². The molecule has 0 spiro atoms. The Morgan fingerprint density at radius 3 is 3.00 bits per heavy atom. The number of hydrogen-bond donors (Lipinski definition) is 0. The number of benzene rings is 1. The van der Waals surface area contributed by atoms with Gasteiger partial charge in [0.05, 0.1) is 12.3 Å². The van der Waals surface area contributed by atoms with Crippen LogP contribution in [0.25, 0.3) is 11.0 Å². The molecular formula is C18H17NO3. The van der Waals surface area contributed by atoms with Gasteiger partial charge in [-0.2, -0.15) is 0 Å². The summed E-state index contributed by atoms with van der Waals surface area (Å²) in [6.07, 6.45) is 3.62. The monoisotopic (exact) mass is 295 g/mol. The second kappa shape index (κ2) is 5.05. The molecule has 4 heteroatoms. The third-order valence-corrected chi connectivity index (χ3v) is 4.27. The highest BCUT2D eigenvalue weighted by Crippen LogP contribution is 2.33. The number of carbonyl (C=O) groups excluding carboxylic acids is 1. The molecule has 3 aromatic rings. The van der Waals surface area contributed by atoms with Gasteiger partial charge in [0.15, 0.2) is 0 Å². The third-order valence-electron chi connectivity index (χ3n) is 4.27. The first-order valence-electron chi connectivity index (χ1n) is 7.57. The number of furan rings is 2. The highest BCUT2D eigenvalue weighted by Gasteiger charge is 2.32. The van der Waals surface area contributed by atoms with E-state index < -0.39 is 0 Å². The number of hydrogen-bond acceptors (Lipinski definition) is 3. The van der Waals surface area contributed by atoms with Gasteiger partial charge in [0.1, 0.15) is 17.1 Å². The van der Waals surface area contributed by atoms with Crippen LogP contribution in [0, 0.1) is 6.92 Å². The van der Waals surface area contributed by atoms with E-state index in [1.807, 2.05) is 48.2 Å². The Kier molecular flexibility index (Phi) is 3.03. The van der Waals surface area contributed by atoms with Crippen LogP contribution in [0.2, 0.25) is 0 Å². The van der Waals surface area contributed by atoms with E-state index in [1.54, 1.807) is 6.26 Å². The molecule has 3 heterocycles. The van der Waals surface area contributed by atoms with E-state index in [4.69, 9.17) is 8.83 Å². The molecule has 1 fully saturated rings. The largest absolute Gasteiger partial charge is 0.467 e. The van der Waals surface area contributed by atoms with Gasteiger partial charge < -0.3 is 13.7 Å². The minimum atomic E-state index is 0.0456. The third kappa shape index (κ3) is 2.11. The van der Waals surface area contributed by atoms with E-state index in [1.165, 1.54) is 0 Å². The highest BCUT2D eigenvalue weighted by atomic mass is 16.3. The van der Waals surface area contributed by atoms with E-state index >= 15 is 0 Å². The Morgan fingerprint density at radius 1 is 1.27 bits per heavy atom. The lowest BCUT2D eigenvalue weighted by atomic mass is 10.1. The quantitative estimate of drug-likeness (QED) is 0.707. The van der Waals surface area contributed by atoms with Crippen molar-refractivity contribution in [3.8, 4) is 0 Å². The molecule has 1 saturated heterocycles. The van der Waals surface area contributed by atoms with Crippen molar-refractivity contribution in [2.75, 3.05) is 6.54 Å². The molecule has 112 valence electrons. The molecule has 1 aromatic carbocycles. The maximum Gasteiger partial charge on any atom is 0.254 e. The average Bonchev–Trinajstić information content (AvgIpc) is 3.24. The molecule has 0 saturated carbocycles. The number of amides is 1. The molecule has 0 aliphatic carbocycles. The molecule has 1 atom stereocenters. The molecule has 4 rings (SSSR count). The summed E-state index contributed by atoms with van der Waals surface area (Å²) in [5.74, 6) is 1.78. The van der Waals surface area contributed by atoms with Gasteiger partial charge in [-0.25, -0.2) is 0 Å². The van der Waals surface area contributed by atoms with Crippen LogP contribution in [-0.4, -0.2) is 17.4 Å². The number of nitrogens with zero attached hydrogens (tertiary/aromatic N) is 1. The minimum absolute atomic E-state index is 0.0456. The predicted molar refractivity (Wildman–Crippen MR) is 82.7 cm³/mol. The lowest BCUT2D eigenvalue weighted by Crippen LogP contribution is -2.30. The Hall–Kier alpha value is -2.49. The van der Waals surface area contributed by atoms with Crippen molar-refractivity contribution in [1.29, 1.82) is 0 Å². The van der Waals surface area contributed by atoms with Crippen LogP contribution in [0.5, 0.6) is 0 Å². The molecule has 0 bridgehead atoms. The zero-order chi connectivity index (χ0) is 15.1. The summed E-state index contributed by atoms with van der Waals surface area (Å²) in [4.78, 5) is 14.8. The number of carbonyl (C=O) groups is 1. The summed E-state index contributed by atoms with van der Waals surface area (Å²) in [5.41, 5.74) is 1.52. The zero-order valence-electron chi connectivity index (χ0n) is 12.4. The van der Waals surface area contributed by atoms with Gasteiger partial charge in [-0.05, 0) is 56.2 Å². The second-order valence-electron chi connectivity index (χ2n) is 5.78. The molecule has 2 aromatic heterocycles. The van der Waals surface area contributed by atoms with Crippen LogP contribution in [-0.2, 0) is 0 Å². The van der Waals surface area contributed by atoms with Crippen molar-refractivity contribution in [3.63, 3.8) is 0 Å². The zero-order valence-corrected chi connectivity index (χ0v) is 12.4. The fraction of sp³-hybridized carbons (Fsp3) is 0.278. The average molecular weight is 295 g/mol. The molecule has 1 aliphatic rings. The molecular weight excluding hydrogens is 278 g/mol. The number of fused-ring (bicyclic) bond motifs is 1. The number of rotatable bonds is 2. The Balaban J connectivity index is 1.67. The van der Waals surface area contributed by atoms with Crippen LogP contribution in [0.3, 0.4) is 0 Å². The summed E-state index contributed by atoms with van der Waals surface area (Å²) >= 11 is 0. The molecule has 22 heavy (non-hydrogen) atoms. The standard InChI is InChI=1S/C18H17NO3/c1-12-10-14-11-13(6-7-16(14)22-12)18(20)19-8-2-4-15(19)17-5-3-9-21-17/h3,5-7,9-11,15H,2,4,8H2,1H3/t15-/m1/s1. The van der Waals surface area contributed by atoms with Crippen LogP contribution in [0.4, 0.5) is 0 Å².